The van der Waals surface area contributed by atoms with E-state index in [9.17, 15) is 0 Å². The molecular weight excluding hydrogens is 220 g/mol. The molecule has 3 rings (SSSR count). The Bertz CT molecular complexity index is 425. The number of benzene rings is 1. The third-order valence-corrected chi connectivity index (χ3v) is 4.54. The smallest absolute Gasteiger partial charge is 0.0234 e. The van der Waals surface area contributed by atoms with E-state index in [-0.39, 0.29) is 0 Å². The molecule has 1 aromatic carbocycles. The standard InChI is InChI=1S/C16H24N2/c1-16(11-17)7-8-18(12-16)10-13-3-2-4-15(9-13)14-5-6-14/h2-4,9,14H,5-8,10-12,17H2,1H3. The molecule has 2 heteroatoms. The van der Waals surface area contributed by atoms with Gasteiger partial charge in [0, 0.05) is 13.1 Å². The van der Waals surface area contributed by atoms with Gasteiger partial charge < -0.3 is 5.73 Å². The minimum absolute atomic E-state index is 0.341. The molecule has 1 aromatic rings. The maximum Gasteiger partial charge on any atom is 0.0234 e. The summed E-state index contributed by atoms with van der Waals surface area (Å²) in [5.74, 6) is 0.859. The molecule has 0 spiro atoms. The molecule has 1 heterocycles. The van der Waals surface area contributed by atoms with Crippen LogP contribution in [0.1, 0.15) is 43.2 Å². The molecule has 18 heavy (non-hydrogen) atoms. The van der Waals surface area contributed by atoms with Crippen LogP contribution >= 0.6 is 0 Å². The van der Waals surface area contributed by atoms with Crippen LogP contribution in [0, 0.1) is 5.41 Å². The zero-order valence-corrected chi connectivity index (χ0v) is 11.4. The first-order valence-electron chi connectivity index (χ1n) is 7.20. The molecular formula is C16H24N2. The van der Waals surface area contributed by atoms with Crippen LogP contribution in [-0.4, -0.2) is 24.5 Å². The average Bonchev–Trinajstić information content (AvgIpc) is 3.16. The lowest BCUT2D eigenvalue weighted by Gasteiger charge is -2.22. The van der Waals surface area contributed by atoms with Crippen LogP contribution in [0.5, 0.6) is 0 Å². The number of rotatable bonds is 4. The van der Waals surface area contributed by atoms with Crippen LogP contribution in [0.15, 0.2) is 24.3 Å². The predicted octanol–water partition coefficient (Wildman–Crippen LogP) is 2.73. The molecule has 1 unspecified atom stereocenters. The first kappa shape index (κ1) is 12.2. The highest BCUT2D eigenvalue weighted by Crippen LogP contribution is 2.40. The van der Waals surface area contributed by atoms with Crippen LogP contribution in [0.2, 0.25) is 0 Å². The second-order valence-corrected chi connectivity index (χ2v) is 6.49. The van der Waals surface area contributed by atoms with Gasteiger partial charge in [-0.15, -0.1) is 0 Å². The Morgan fingerprint density at radius 2 is 2.22 bits per heavy atom. The maximum absolute atomic E-state index is 5.87. The van der Waals surface area contributed by atoms with Gasteiger partial charge in [-0.3, -0.25) is 4.90 Å². The lowest BCUT2D eigenvalue weighted by atomic mass is 9.90. The van der Waals surface area contributed by atoms with Crippen molar-refractivity contribution < 1.29 is 0 Å². The summed E-state index contributed by atoms with van der Waals surface area (Å²) < 4.78 is 0. The highest BCUT2D eigenvalue weighted by atomic mass is 15.2. The topological polar surface area (TPSA) is 29.3 Å². The second kappa shape index (κ2) is 4.67. The van der Waals surface area contributed by atoms with Crippen molar-refractivity contribution in [3.63, 3.8) is 0 Å². The van der Waals surface area contributed by atoms with Crippen molar-refractivity contribution in [2.45, 2.75) is 38.6 Å². The van der Waals surface area contributed by atoms with E-state index in [2.05, 4.69) is 36.1 Å². The summed E-state index contributed by atoms with van der Waals surface area (Å²) in [4.78, 5) is 2.55. The molecule has 2 nitrogen and oxygen atoms in total. The quantitative estimate of drug-likeness (QED) is 0.882. The minimum atomic E-state index is 0.341. The van der Waals surface area contributed by atoms with Crippen LogP contribution in [0.4, 0.5) is 0 Å². The highest BCUT2D eigenvalue weighted by Gasteiger charge is 2.32. The third kappa shape index (κ3) is 2.60. The van der Waals surface area contributed by atoms with E-state index in [0.29, 0.717) is 5.41 Å². The molecule has 0 amide bonds. The van der Waals surface area contributed by atoms with Crippen LogP contribution in [-0.2, 0) is 6.54 Å². The molecule has 2 N–H and O–H groups in total. The van der Waals surface area contributed by atoms with Crippen LogP contribution in [0.3, 0.4) is 0 Å². The van der Waals surface area contributed by atoms with Crippen molar-refractivity contribution >= 4 is 0 Å². The Hall–Kier alpha value is -0.860. The van der Waals surface area contributed by atoms with Gasteiger partial charge in [-0.2, -0.15) is 0 Å². The van der Waals surface area contributed by atoms with E-state index in [1.165, 1.54) is 31.4 Å². The first-order chi connectivity index (χ1) is 8.68. The van der Waals surface area contributed by atoms with E-state index in [1.807, 2.05) is 0 Å². The zero-order valence-electron chi connectivity index (χ0n) is 11.4. The van der Waals surface area contributed by atoms with Gasteiger partial charge in [0.2, 0.25) is 0 Å². The molecule has 1 atom stereocenters. The Morgan fingerprint density at radius 3 is 2.89 bits per heavy atom. The lowest BCUT2D eigenvalue weighted by Crippen LogP contribution is -2.31. The largest absolute Gasteiger partial charge is 0.330 e. The van der Waals surface area contributed by atoms with E-state index in [1.54, 1.807) is 5.56 Å². The van der Waals surface area contributed by atoms with Crippen LogP contribution < -0.4 is 5.73 Å². The number of likely N-dealkylation sites (tertiary alicyclic amines) is 1. The zero-order chi connectivity index (χ0) is 12.6. The molecule has 2 fully saturated rings. The summed E-state index contributed by atoms with van der Waals surface area (Å²) in [6.07, 6.45) is 4.02. The van der Waals surface area contributed by atoms with Crippen LogP contribution in [0.25, 0.3) is 0 Å². The SMILES string of the molecule is CC1(CN)CCN(Cc2cccc(C3CC3)c2)C1. The fourth-order valence-corrected chi connectivity index (χ4v) is 3.05. The van der Waals surface area contributed by atoms with Gasteiger partial charge in [0.05, 0.1) is 0 Å². The van der Waals surface area contributed by atoms with E-state index >= 15 is 0 Å². The van der Waals surface area contributed by atoms with E-state index in [0.717, 1.165) is 25.6 Å². The molecule has 0 aromatic heterocycles. The monoisotopic (exact) mass is 244 g/mol. The highest BCUT2D eigenvalue weighted by molar-refractivity contribution is 5.29. The van der Waals surface area contributed by atoms with Crippen molar-refractivity contribution in [3.8, 4) is 0 Å². The number of hydrogen-bond acceptors (Lipinski definition) is 2. The van der Waals surface area contributed by atoms with Crippen molar-refractivity contribution in [3.05, 3.63) is 35.4 Å². The van der Waals surface area contributed by atoms with E-state index < -0.39 is 0 Å². The molecule has 0 radical (unpaired) electrons. The molecule has 98 valence electrons. The summed E-state index contributed by atoms with van der Waals surface area (Å²) in [6, 6.07) is 9.19. The van der Waals surface area contributed by atoms with Gasteiger partial charge in [-0.25, -0.2) is 0 Å². The normalized spacial score (nSPS) is 28.8. The molecule has 1 aliphatic carbocycles. The molecule has 1 aliphatic heterocycles. The summed E-state index contributed by atoms with van der Waals surface area (Å²) in [5.41, 5.74) is 9.23. The third-order valence-electron chi connectivity index (χ3n) is 4.54. The summed E-state index contributed by atoms with van der Waals surface area (Å²) in [5, 5.41) is 0. The van der Waals surface area contributed by atoms with Crippen molar-refractivity contribution in [1.29, 1.82) is 0 Å². The summed E-state index contributed by atoms with van der Waals surface area (Å²) in [7, 11) is 0. The van der Waals surface area contributed by atoms with Crippen molar-refractivity contribution in [1.82, 2.24) is 4.90 Å². The van der Waals surface area contributed by atoms with Crippen molar-refractivity contribution in [2.24, 2.45) is 11.1 Å². The Balaban J connectivity index is 1.64. The second-order valence-electron chi connectivity index (χ2n) is 6.49. The van der Waals surface area contributed by atoms with Crippen molar-refractivity contribution in [2.75, 3.05) is 19.6 Å². The van der Waals surface area contributed by atoms with Gasteiger partial charge >= 0.3 is 0 Å². The Morgan fingerprint density at radius 1 is 1.39 bits per heavy atom. The van der Waals surface area contributed by atoms with Gasteiger partial charge in [0.1, 0.15) is 0 Å². The lowest BCUT2D eigenvalue weighted by molar-refractivity contribution is 0.274. The van der Waals surface area contributed by atoms with Gasteiger partial charge in [-0.1, -0.05) is 31.2 Å². The number of hydrogen-bond donors (Lipinski definition) is 1. The average molecular weight is 244 g/mol. The number of nitrogens with two attached hydrogens (primary N) is 1. The van der Waals surface area contributed by atoms with Gasteiger partial charge in [0.15, 0.2) is 0 Å². The predicted molar refractivity (Wildman–Crippen MR) is 75.5 cm³/mol. The molecule has 1 saturated carbocycles. The number of nitrogens with zero attached hydrogens (tertiary/aromatic N) is 1. The molecule has 1 saturated heterocycles. The fourth-order valence-electron chi connectivity index (χ4n) is 3.05. The fraction of sp³-hybridized carbons (Fsp3) is 0.625. The Kier molecular flexibility index (Phi) is 3.16. The maximum atomic E-state index is 5.87. The summed E-state index contributed by atoms with van der Waals surface area (Å²) in [6.45, 7) is 6.56. The van der Waals surface area contributed by atoms with Gasteiger partial charge in [0.25, 0.3) is 0 Å². The molecule has 0 bridgehead atoms. The van der Waals surface area contributed by atoms with Gasteiger partial charge in [-0.05, 0) is 54.8 Å². The minimum Gasteiger partial charge on any atom is -0.330 e. The molecule has 2 aliphatic rings. The Labute approximate surface area is 110 Å². The first-order valence-corrected chi connectivity index (χ1v) is 7.20. The summed E-state index contributed by atoms with van der Waals surface area (Å²) >= 11 is 0. The van der Waals surface area contributed by atoms with E-state index in [4.69, 9.17) is 5.73 Å².